The van der Waals surface area contributed by atoms with Crippen LogP contribution in [0.1, 0.15) is 5.56 Å². The van der Waals surface area contributed by atoms with Crippen molar-refractivity contribution in [2.24, 2.45) is 0 Å². The van der Waals surface area contributed by atoms with Gasteiger partial charge in [0.15, 0.2) is 11.6 Å². The summed E-state index contributed by atoms with van der Waals surface area (Å²) in [6.07, 6.45) is 0. The zero-order chi connectivity index (χ0) is 22.0. The van der Waals surface area contributed by atoms with Gasteiger partial charge >= 0.3 is 0 Å². The molecular formula is C21H24FN5O3S. The lowest BCUT2D eigenvalue weighted by Gasteiger charge is -2.33. The summed E-state index contributed by atoms with van der Waals surface area (Å²) in [6, 6.07) is 12.1. The number of hydrogen-bond donors (Lipinski definition) is 2. The van der Waals surface area contributed by atoms with Gasteiger partial charge < -0.3 is 10.1 Å². The van der Waals surface area contributed by atoms with Gasteiger partial charge in [-0.2, -0.15) is 4.31 Å². The molecule has 0 atom stereocenters. The summed E-state index contributed by atoms with van der Waals surface area (Å²) < 4.78 is 42.7. The minimum absolute atomic E-state index is 0.0290. The van der Waals surface area contributed by atoms with Gasteiger partial charge in [0.25, 0.3) is 0 Å². The summed E-state index contributed by atoms with van der Waals surface area (Å²) in [5.74, 6) is 0.190. The molecule has 4 rings (SSSR count). The molecule has 2 heterocycles. The Hall–Kier alpha value is -2.66. The number of aromatic amines is 1. The third-order valence-corrected chi connectivity index (χ3v) is 7.49. The lowest BCUT2D eigenvalue weighted by Crippen LogP contribution is -2.49. The normalized spacial score (nSPS) is 16.0. The molecule has 0 bridgehead atoms. The number of H-pyrrole nitrogens is 1. The number of aromatic nitrogens is 3. The van der Waals surface area contributed by atoms with Crippen LogP contribution in [0.5, 0.6) is 0 Å². The van der Waals surface area contributed by atoms with Gasteiger partial charge in [0.05, 0.1) is 11.5 Å². The Morgan fingerprint density at radius 3 is 2.32 bits per heavy atom. The molecule has 0 amide bonds. The molecule has 0 saturated carbocycles. The molecule has 1 aliphatic heterocycles. The Kier molecular flexibility index (Phi) is 6.15. The van der Waals surface area contributed by atoms with E-state index >= 15 is 0 Å². The molecule has 0 spiro atoms. The van der Waals surface area contributed by atoms with E-state index in [-0.39, 0.29) is 30.2 Å². The highest BCUT2D eigenvalue weighted by Crippen LogP contribution is 2.29. The third kappa shape index (κ3) is 4.38. The highest BCUT2D eigenvalue weighted by Gasteiger charge is 2.31. The van der Waals surface area contributed by atoms with Gasteiger partial charge in [0.1, 0.15) is 5.82 Å². The number of β-amino-alcohol motifs (C(OH)–C–C–N with tert-alkyl or cyclic N) is 1. The van der Waals surface area contributed by atoms with Gasteiger partial charge in [0.2, 0.25) is 10.0 Å². The number of nitrogens with one attached hydrogen (secondary N) is 1. The van der Waals surface area contributed by atoms with E-state index in [1.165, 1.54) is 23.4 Å². The summed E-state index contributed by atoms with van der Waals surface area (Å²) in [6.45, 7) is 3.60. The molecule has 8 nitrogen and oxygen atoms in total. The number of piperazine rings is 1. The van der Waals surface area contributed by atoms with Crippen molar-refractivity contribution in [2.75, 3.05) is 39.3 Å². The number of hydrogen-bond acceptors (Lipinski definition) is 6. The Morgan fingerprint density at radius 1 is 1.03 bits per heavy atom. The molecule has 2 N–H and O–H groups in total. The molecule has 1 fully saturated rings. The second kappa shape index (κ2) is 8.83. The number of aliphatic hydroxyl groups excluding tert-OH is 1. The second-order valence-corrected chi connectivity index (χ2v) is 9.35. The van der Waals surface area contributed by atoms with Gasteiger partial charge in [-0.15, -0.1) is 10.2 Å². The van der Waals surface area contributed by atoms with Crippen LogP contribution in [0.15, 0.2) is 47.4 Å². The predicted octanol–water partition coefficient (Wildman–Crippen LogP) is 1.88. The smallest absolute Gasteiger partial charge is 0.243 e. The average molecular weight is 446 g/mol. The maximum Gasteiger partial charge on any atom is 0.243 e. The fourth-order valence-corrected chi connectivity index (χ4v) is 5.33. The van der Waals surface area contributed by atoms with E-state index in [4.69, 9.17) is 5.11 Å². The first kappa shape index (κ1) is 21.6. The fraction of sp³-hybridized carbons (Fsp3) is 0.333. The quantitative estimate of drug-likeness (QED) is 0.601. The van der Waals surface area contributed by atoms with Gasteiger partial charge in [-0.25, -0.2) is 12.8 Å². The molecule has 2 aromatic carbocycles. The first-order chi connectivity index (χ1) is 14.9. The predicted molar refractivity (Wildman–Crippen MR) is 114 cm³/mol. The Labute approximate surface area is 180 Å². The van der Waals surface area contributed by atoms with Crippen LogP contribution >= 0.6 is 0 Å². The summed E-state index contributed by atoms with van der Waals surface area (Å²) in [5, 5.41) is 17.3. The third-order valence-electron chi connectivity index (χ3n) is 5.47. The highest BCUT2D eigenvalue weighted by atomic mass is 32.2. The number of aliphatic hydroxyl groups is 1. The zero-order valence-electron chi connectivity index (χ0n) is 17.1. The van der Waals surface area contributed by atoms with Gasteiger partial charge in [-0.3, -0.25) is 4.90 Å². The SMILES string of the molecule is Cc1c(F)cc(-c2nnc(-c3ccccc3)[nH]2)cc1S(=O)(=O)N1CCN(CCO)CC1. The summed E-state index contributed by atoms with van der Waals surface area (Å²) >= 11 is 0. The first-order valence-electron chi connectivity index (χ1n) is 10.0. The van der Waals surface area contributed by atoms with E-state index in [9.17, 15) is 12.8 Å². The van der Waals surface area contributed by atoms with Crippen LogP contribution in [0.25, 0.3) is 22.8 Å². The maximum atomic E-state index is 14.7. The highest BCUT2D eigenvalue weighted by molar-refractivity contribution is 7.89. The number of nitrogens with zero attached hydrogens (tertiary/aromatic N) is 4. The standard InChI is InChI=1S/C21H24FN5O3S/c1-15-18(22)13-17(21-23-20(24-25-21)16-5-3-2-4-6-16)14-19(15)31(29,30)27-9-7-26(8-10-27)11-12-28/h2-6,13-14,28H,7-12H2,1H3,(H,23,24,25). The van der Waals surface area contributed by atoms with Gasteiger partial charge in [0, 0.05) is 49.4 Å². The van der Waals surface area contributed by atoms with Crippen LogP contribution in [0.4, 0.5) is 4.39 Å². The minimum atomic E-state index is -3.89. The van der Waals surface area contributed by atoms with Crippen molar-refractivity contribution < 1.29 is 17.9 Å². The van der Waals surface area contributed by atoms with Gasteiger partial charge in [-0.05, 0) is 19.1 Å². The molecule has 31 heavy (non-hydrogen) atoms. The molecule has 0 aliphatic carbocycles. The second-order valence-electron chi connectivity index (χ2n) is 7.44. The van der Waals surface area contributed by atoms with Crippen molar-refractivity contribution in [3.05, 3.63) is 53.8 Å². The molecule has 1 saturated heterocycles. The lowest BCUT2D eigenvalue weighted by atomic mass is 10.1. The lowest BCUT2D eigenvalue weighted by molar-refractivity contribution is 0.151. The van der Waals surface area contributed by atoms with Crippen LogP contribution < -0.4 is 0 Å². The van der Waals surface area contributed by atoms with Crippen molar-refractivity contribution in [2.45, 2.75) is 11.8 Å². The zero-order valence-corrected chi connectivity index (χ0v) is 17.9. The molecule has 1 aromatic heterocycles. The summed E-state index contributed by atoms with van der Waals surface area (Å²) in [4.78, 5) is 4.97. The number of sulfonamides is 1. The monoisotopic (exact) mass is 445 g/mol. The van der Waals surface area contributed by atoms with Crippen LogP contribution in [0.3, 0.4) is 0 Å². The Bertz CT molecular complexity index is 1160. The van der Waals surface area contributed by atoms with E-state index in [0.29, 0.717) is 36.8 Å². The Morgan fingerprint density at radius 2 is 1.68 bits per heavy atom. The van der Waals surface area contributed by atoms with E-state index in [0.717, 1.165) is 5.56 Å². The molecule has 3 aromatic rings. The minimum Gasteiger partial charge on any atom is -0.395 e. The summed E-state index contributed by atoms with van der Waals surface area (Å²) in [7, 11) is -3.89. The van der Waals surface area contributed by atoms with Crippen molar-refractivity contribution >= 4 is 10.0 Å². The maximum absolute atomic E-state index is 14.7. The topological polar surface area (TPSA) is 102 Å². The molecule has 164 valence electrons. The van der Waals surface area contributed by atoms with Crippen LogP contribution in [0.2, 0.25) is 0 Å². The average Bonchev–Trinajstić information content (AvgIpc) is 3.27. The van der Waals surface area contributed by atoms with Crippen molar-refractivity contribution in [3.8, 4) is 22.8 Å². The fourth-order valence-electron chi connectivity index (χ4n) is 3.65. The summed E-state index contributed by atoms with van der Waals surface area (Å²) in [5.41, 5.74) is 1.21. The molecule has 0 unspecified atom stereocenters. The molecular weight excluding hydrogens is 421 g/mol. The first-order valence-corrected chi connectivity index (χ1v) is 11.5. The molecule has 1 aliphatic rings. The number of rotatable bonds is 6. The number of halogens is 1. The van der Waals surface area contributed by atoms with E-state index in [2.05, 4.69) is 15.2 Å². The largest absolute Gasteiger partial charge is 0.395 e. The van der Waals surface area contributed by atoms with Crippen molar-refractivity contribution in [1.82, 2.24) is 24.4 Å². The molecule has 0 radical (unpaired) electrons. The van der Waals surface area contributed by atoms with Crippen molar-refractivity contribution in [1.29, 1.82) is 0 Å². The number of benzene rings is 2. The van der Waals surface area contributed by atoms with Crippen LogP contribution in [-0.2, 0) is 10.0 Å². The van der Waals surface area contributed by atoms with Gasteiger partial charge in [-0.1, -0.05) is 30.3 Å². The van der Waals surface area contributed by atoms with Crippen molar-refractivity contribution in [3.63, 3.8) is 0 Å². The van der Waals surface area contributed by atoms with Crippen LogP contribution in [0, 0.1) is 12.7 Å². The molecule has 10 heteroatoms. The van der Waals surface area contributed by atoms with E-state index in [1.807, 2.05) is 35.2 Å². The van der Waals surface area contributed by atoms with E-state index in [1.54, 1.807) is 0 Å². The van der Waals surface area contributed by atoms with E-state index < -0.39 is 15.8 Å². The van der Waals surface area contributed by atoms with Crippen LogP contribution in [-0.4, -0.2) is 77.2 Å². The Balaban J connectivity index is 1.65.